The maximum absolute atomic E-state index is 13.6. The van der Waals surface area contributed by atoms with Gasteiger partial charge in [0.15, 0.2) is 58.7 Å². The summed E-state index contributed by atoms with van der Waals surface area (Å²) in [5.74, 6) is 5.30. The van der Waals surface area contributed by atoms with Gasteiger partial charge in [0.05, 0.1) is 63.2 Å². The van der Waals surface area contributed by atoms with Gasteiger partial charge in [0, 0.05) is 36.4 Å². The van der Waals surface area contributed by atoms with Gasteiger partial charge in [0.25, 0.3) is 0 Å². The molecule has 0 aliphatic heterocycles. The highest BCUT2D eigenvalue weighted by Crippen LogP contribution is 2.60. The molecular formula is C91H90O5S4+4. The molecule has 0 amide bonds. The molecule has 100 heavy (non-hydrogen) atoms. The van der Waals surface area contributed by atoms with Crippen molar-refractivity contribution in [3.05, 3.63) is 337 Å². The quantitative estimate of drug-likeness (QED) is 0.0593. The number of phenolic OH excluding ortho intramolecular Hbond substituents is 1. The smallest absolute Gasteiger partial charge is 0.317 e. The van der Waals surface area contributed by atoms with E-state index in [1.165, 1.54) is 89.1 Å². The molecule has 0 spiro atoms. The Bertz CT molecular complexity index is 4340. The predicted octanol–water partition coefficient (Wildman–Crippen LogP) is 22.8. The second-order valence-corrected chi connectivity index (χ2v) is 34.5. The van der Waals surface area contributed by atoms with Gasteiger partial charge in [0.2, 0.25) is 0 Å². The minimum Gasteiger partial charge on any atom is -0.507 e. The van der Waals surface area contributed by atoms with Crippen LogP contribution < -0.4 is 14.2 Å². The van der Waals surface area contributed by atoms with Gasteiger partial charge in [-0.1, -0.05) is 146 Å². The maximum Gasteiger partial charge on any atom is 0.317 e. The van der Waals surface area contributed by atoms with Crippen LogP contribution in [-0.4, -0.2) is 25.3 Å². The molecule has 16 rings (SSSR count). The Labute approximate surface area is 605 Å². The van der Waals surface area contributed by atoms with Crippen molar-refractivity contribution in [3.8, 4) is 23.0 Å². The van der Waals surface area contributed by atoms with Gasteiger partial charge in [-0.05, 0) is 253 Å². The van der Waals surface area contributed by atoms with Crippen LogP contribution >= 0.6 is 0 Å². The fourth-order valence-corrected chi connectivity index (χ4v) is 23.8. The molecule has 12 aromatic carbocycles. The minimum atomic E-state index is -0.231. The van der Waals surface area contributed by atoms with E-state index in [9.17, 15) is 9.90 Å². The van der Waals surface area contributed by atoms with Crippen LogP contribution in [0.5, 0.6) is 23.0 Å². The topological polar surface area (TPSA) is 65.0 Å². The number of hydrogen-bond donors (Lipinski definition) is 1. The molecular weight excluding hydrogens is 1300 g/mol. The molecule has 0 heterocycles. The van der Waals surface area contributed by atoms with E-state index in [1.807, 2.05) is 38.1 Å². The van der Waals surface area contributed by atoms with Gasteiger partial charge < -0.3 is 19.3 Å². The summed E-state index contributed by atoms with van der Waals surface area (Å²) in [6.45, 7) is 12.3. The zero-order chi connectivity index (χ0) is 69.5. The van der Waals surface area contributed by atoms with Crippen LogP contribution in [0.1, 0.15) is 71.9 Å². The fraction of sp³-hybridized carbons (Fsp3) is 0.198. The van der Waals surface area contributed by atoms with Gasteiger partial charge in [-0.2, -0.15) is 0 Å². The summed E-state index contributed by atoms with van der Waals surface area (Å²) in [5.41, 5.74) is 6.11. The number of esters is 1. The molecule has 0 unspecified atom stereocenters. The van der Waals surface area contributed by atoms with Gasteiger partial charge in [-0.25, -0.2) is 0 Å². The Kier molecular flexibility index (Phi) is 23.6. The van der Waals surface area contributed by atoms with Crippen LogP contribution in [0, 0.1) is 64.7 Å². The summed E-state index contributed by atoms with van der Waals surface area (Å²) in [7, 11) is 2.90. The Balaban J connectivity index is 0.000000129. The Morgan fingerprint density at radius 1 is 0.310 bits per heavy atom. The van der Waals surface area contributed by atoms with E-state index in [0.29, 0.717) is 5.75 Å². The lowest BCUT2D eigenvalue weighted by Crippen LogP contribution is -2.51. The summed E-state index contributed by atoms with van der Waals surface area (Å²) in [6.07, 6.45) is 7.13. The molecule has 0 radical (unpaired) electrons. The minimum absolute atomic E-state index is 0.0377. The zero-order valence-corrected chi connectivity index (χ0v) is 61.8. The van der Waals surface area contributed by atoms with E-state index < -0.39 is 0 Å². The van der Waals surface area contributed by atoms with Crippen LogP contribution in [-0.2, 0) is 48.4 Å². The molecule has 4 aliphatic carbocycles. The number of rotatable bonds is 16. The van der Waals surface area contributed by atoms with Gasteiger partial charge in [-0.3, -0.25) is 4.79 Å². The summed E-state index contributed by atoms with van der Waals surface area (Å²) in [4.78, 5) is 29.3. The van der Waals surface area contributed by atoms with Crippen molar-refractivity contribution in [2.45, 2.75) is 139 Å². The van der Waals surface area contributed by atoms with Crippen LogP contribution in [0.25, 0.3) is 0 Å². The number of phenols is 1. The van der Waals surface area contributed by atoms with Crippen molar-refractivity contribution < 1.29 is 24.1 Å². The first-order valence-corrected chi connectivity index (χ1v) is 39.5. The molecule has 5 nitrogen and oxygen atoms in total. The van der Waals surface area contributed by atoms with Crippen molar-refractivity contribution in [1.29, 1.82) is 0 Å². The van der Waals surface area contributed by atoms with Crippen LogP contribution in [0.3, 0.4) is 0 Å². The molecule has 12 aromatic rings. The van der Waals surface area contributed by atoms with Gasteiger partial charge in [0.1, 0.15) is 23.0 Å². The zero-order valence-electron chi connectivity index (χ0n) is 58.6. The molecule has 4 bridgehead atoms. The molecule has 9 heteroatoms. The summed E-state index contributed by atoms with van der Waals surface area (Å²) < 4.78 is 17.1. The van der Waals surface area contributed by atoms with Crippen LogP contribution in [0.15, 0.2) is 362 Å². The molecule has 4 saturated carbocycles. The first-order valence-electron chi connectivity index (χ1n) is 34.6. The van der Waals surface area contributed by atoms with E-state index in [0.717, 1.165) is 76.5 Å². The number of methoxy groups -OCH3 is 2. The number of hydrogen-bond acceptors (Lipinski definition) is 5. The predicted molar refractivity (Wildman–Crippen MR) is 415 cm³/mol. The number of aromatic hydroxyl groups is 1. The Morgan fingerprint density at radius 2 is 0.540 bits per heavy atom. The number of benzene rings is 12. The van der Waals surface area contributed by atoms with Crippen molar-refractivity contribution >= 4 is 49.5 Å². The summed E-state index contributed by atoms with van der Waals surface area (Å²) in [5, 5.41) is 10.1. The molecule has 0 saturated heterocycles. The summed E-state index contributed by atoms with van der Waals surface area (Å²) >= 11 is 0. The van der Waals surface area contributed by atoms with E-state index in [1.54, 1.807) is 14.2 Å². The van der Waals surface area contributed by atoms with Crippen molar-refractivity contribution in [2.75, 3.05) is 14.2 Å². The molecule has 4 aliphatic rings. The normalized spacial score (nSPS) is 16.3. The van der Waals surface area contributed by atoms with Crippen molar-refractivity contribution in [2.24, 2.45) is 23.2 Å². The second kappa shape index (κ2) is 33.4. The van der Waals surface area contributed by atoms with Crippen LogP contribution in [0.2, 0.25) is 0 Å². The lowest BCUT2D eigenvalue weighted by Gasteiger charge is -2.55. The lowest BCUT2D eigenvalue weighted by molar-refractivity contribution is -0.161. The van der Waals surface area contributed by atoms with Crippen molar-refractivity contribution in [1.82, 2.24) is 0 Å². The number of aryl methyl sites for hydroxylation is 6. The third-order valence-electron chi connectivity index (χ3n) is 19.0. The highest BCUT2D eigenvalue weighted by molar-refractivity contribution is 7.98. The molecule has 1 N–H and O–H groups in total. The summed E-state index contributed by atoms with van der Waals surface area (Å²) in [6, 6.07) is 107. The molecule has 504 valence electrons. The van der Waals surface area contributed by atoms with E-state index in [2.05, 4.69) is 307 Å². The molecule has 0 atom stereocenters. The van der Waals surface area contributed by atoms with E-state index in [4.69, 9.17) is 14.2 Å². The SMILES string of the molecule is COc1c(C)cc([S+](c2ccccc2)c2ccccc2)cc1C.COc1ccc([S+](c2ccccc2)c2ccccc2)cc1.Cc1cc([S+](c2ccccc2)c2ccccc2)cc(C)c1O.Cc1cc([S+](c2ccccc2)c2ccccc2)cc(C)c1OC(=O)C12CC3CC(CC(C3)C1)C2. The third kappa shape index (κ3) is 16.9. The Hall–Kier alpha value is -9.09. The average molecular weight is 1390 g/mol. The lowest BCUT2D eigenvalue weighted by atomic mass is 9.49. The van der Waals surface area contributed by atoms with Gasteiger partial charge >= 0.3 is 5.97 Å². The number of carbonyl (C=O) groups excluding carboxylic acids is 1. The standard InChI is InChI=1S/C31H33O2S.C21H21OS.C20H18OS.C19H17OS/c1-21-13-28(34(26-9-5-3-6-10-26)27-11-7-4-8-12-27)14-22(2)29(21)33-30(32)31-18-23-15-24(19-31)17-25(16-23)20-31;1-16-14-20(15-17(2)21(16)22-3)23(18-10-6-4-7-11-18)19-12-8-5-9-13-19;1-15-13-19(14-16(2)20(15)21)22(17-9-5-3-6-10-17)18-11-7-4-8-12-18;1-20-16-12-14-19(15-13-16)21(17-8-4-2-5-9-17)18-10-6-3-7-11-18/h3-14,23-25H,15-20H2,1-2H3;4-15H,1-3H3;3-14H,1-2H3;2-15H,1H3/q2*+1;;+1/p+1. The van der Waals surface area contributed by atoms with Crippen molar-refractivity contribution in [3.63, 3.8) is 0 Å². The maximum atomic E-state index is 13.6. The highest BCUT2D eigenvalue weighted by atomic mass is 32.2. The second-order valence-electron chi connectivity index (χ2n) is 26.4. The number of ether oxygens (including phenoxy) is 3. The van der Waals surface area contributed by atoms with Crippen LogP contribution in [0.4, 0.5) is 0 Å². The fourth-order valence-electron chi connectivity index (χ4n) is 14.9. The van der Waals surface area contributed by atoms with Gasteiger partial charge in [-0.15, -0.1) is 0 Å². The number of carbonyl (C=O) groups is 1. The monoisotopic (exact) mass is 1390 g/mol. The molecule has 4 fully saturated rings. The Morgan fingerprint density at radius 3 is 0.790 bits per heavy atom. The average Bonchev–Trinajstić information content (AvgIpc) is 0.740. The first-order chi connectivity index (χ1) is 48.8. The van der Waals surface area contributed by atoms with E-state index >= 15 is 0 Å². The highest BCUT2D eigenvalue weighted by Gasteiger charge is 2.56. The van der Waals surface area contributed by atoms with E-state index in [-0.39, 0.29) is 55.0 Å². The molecule has 0 aromatic heterocycles. The largest absolute Gasteiger partial charge is 0.507 e. The third-order valence-corrected chi connectivity index (χ3v) is 27.8. The first kappa shape index (κ1) is 70.8.